The third kappa shape index (κ3) is 2.62. The molecule has 0 bridgehead atoms. The van der Waals surface area contributed by atoms with Crippen LogP contribution in [-0.2, 0) is 6.54 Å². The molecule has 0 unspecified atom stereocenters. The van der Waals surface area contributed by atoms with Crippen LogP contribution in [0.1, 0.15) is 17.0 Å². The predicted octanol–water partition coefficient (Wildman–Crippen LogP) is 4.41. The summed E-state index contributed by atoms with van der Waals surface area (Å²) in [5, 5.41) is 19.7. The normalized spacial score (nSPS) is 11.6. The lowest BCUT2D eigenvalue weighted by Gasteiger charge is -1.96. The summed E-state index contributed by atoms with van der Waals surface area (Å²) in [5.74, 6) is 0.546. The van der Waals surface area contributed by atoms with Crippen LogP contribution < -0.4 is 0 Å². The quantitative estimate of drug-likeness (QED) is 0.562. The Morgan fingerprint density at radius 2 is 2.08 bits per heavy atom. The van der Waals surface area contributed by atoms with Crippen molar-refractivity contribution in [1.82, 2.24) is 14.5 Å². The number of rotatable bonds is 3. The maximum Gasteiger partial charge on any atom is 0.149 e. The van der Waals surface area contributed by atoms with Gasteiger partial charge in [-0.05, 0) is 36.8 Å². The maximum absolute atomic E-state index is 9.67. The zero-order chi connectivity index (χ0) is 18.1. The number of fused-ring (bicyclic) bond motifs is 2. The van der Waals surface area contributed by atoms with Crippen molar-refractivity contribution in [3.8, 4) is 12.1 Å². The van der Waals surface area contributed by atoms with E-state index in [0.29, 0.717) is 11.4 Å². The van der Waals surface area contributed by atoms with E-state index in [1.54, 1.807) is 0 Å². The minimum Gasteiger partial charge on any atom is -0.337 e. The molecule has 4 rings (SSSR count). The Labute approximate surface area is 150 Å². The molecule has 0 saturated heterocycles. The van der Waals surface area contributed by atoms with Crippen LogP contribution in [0.4, 0.5) is 0 Å². The van der Waals surface area contributed by atoms with Crippen LogP contribution in [0.15, 0.2) is 48.7 Å². The Bertz CT molecular complexity index is 1240. The molecule has 124 valence electrons. The van der Waals surface area contributed by atoms with Crippen LogP contribution in [0.5, 0.6) is 0 Å². The zero-order valence-electron chi connectivity index (χ0n) is 14.2. The molecule has 2 aromatic carbocycles. The van der Waals surface area contributed by atoms with Crippen molar-refractivity contribution in [1.29, 1.82) is 10.5 Å². The summed E-state index contributed by atoms with van der Waals surface area (Å²) in [5.41, 5.74) is 5.20. The van der Waals surface area contributed by atoms with E-state index in [1.165, 1.54) is 0 Å². The molecule has 2 heterocycles. The Balaban J connectivity index is 1.86. The molecule has 0 aliphatic carbocycles. The number of nitriles is 2. The summed E-state index contributed by atoms with van der Waals surface area (Å²) in [7, 11) is 0. The molecule has 5 nitrogen and oxygen atoms in total. The van der Waals surface area contributed by atoms with Gasteiger partial charge in [-0.15, -0.1) is 0 Å². The highest BCUT2D eigenvalue weighted by atomic mass is 15.0. The number of aryl methyl sites for hydroxylation is 1. The number of nitrogens with zero attached hydrogens (tertiary/aromatic N) is 4. The average Bonchev–Trinajstić information content (AvgIpc) is 3.21. The van der Waals surface area contributed by atoms with Crippen molar-refractivity contribution in [3.05, 3.63) is 65.6 Å². The van der Waals surface area contributed by atoms with Gasteiger partial charge in [0.2, 0.25) is 0 Å². The van der Waals surface area contributed by atoms with Gasteiger partial charge in [-0.2, -0.15) is 10.5 Å². The Kier molecular flexibility index (Phi) is 3.76. The molecule has 26 heavy (non-hydrogen) atoms. The Hall–Kier alpha value is -3.83. The molecule has 5 heteroatoms. The first-order valence-electron chi connectivity index (χ1n) is 8.23. The van der Waals surface area contributed by atoms with Crippen molar-refractivity contribution in [2.24, 2.45) is 0 Å². The number of aromatic amines is 1. The first kappa shape index (κ1) is 15.7. The Morgan fingerprint density at radius 3 is 2.88 bits per heavy atom. The third-order valence-corrected chi connectivity index (χ3v) is 4.37. The average molecular weight is 337 g/mol. The predicted molar refractivity (Wildman–Crippen MR) is 102 cm³/mol. The van der Waals surface area contributed by atoms with Crippen LogP contribution in [0.2, 0.25) is 0 Å². The number of hydrogen-bond donors (Lipinski definition) is 1. The van der Waals surface area contributed by atoms with Crippen molar-refractivity contribution in [2.75, 3.05) is 0 Å². The van der Waals surface area contributed by atoms with E-state index in [2.05, 4.69) is 22.1 Å². The van der Waals surface area contributed by atoms with Gasteiger partial charge in [0.05, 0.1) is 22.7 Å². The van der Waals surface area contributed by atoms with E-state index in [9.17, 15) is 5.26 Å². The maximum atomic E-state index is 9.67. The van der Waals surface area contributed by atoms with Crippen molar-refractivity contribution < 1.29 is 0 Å². The van der Waals surface area contributed by atoms with Crippen molar-refractivity contribution >= 4 is 33.6 Å². The van der Waals surface area contributed by atoms with Crippen molar-refractivity contribution in [3.63, 3.8) is 0 Å². The summed E-state index contributed by atoms with van der Waals surface area (Å²) in [6, 6.07) is 18.2. The van der Waals surface area contributed by atoms with E-state index in [4.69, 9.17) is 5.26 Å². The smallest absolute Gasteiger partial charge is 0.149 e. The van der Waals surface area contributed by atoms with Gasteiger partial charge in [0.15, 0.2) is 0 Å². The van der Waals surface area contributed by atoms with Crippen LogP contribution in [-0.4, -0.2) is 14.5 Å². The second-order valence-electron chi connectivity index (χ2n) is 6.16. The molecule has 0 saturated carbocycles. The molecule has 0 fully saturated rings. The molecule has 0 amide bonds. The second-order valence-corrected chi connectivity index (χ2v) is 6.16. The van der Waals surface area contributed by atoms with Gasteiger partial charge < -0.3 is 9.55 Å². The largest absolute Gasteiger partial charge is 0.337 e. The highest BCUT2D eigenvalue weighted by Crippen LogP contribution is 2.26. The lowest BCUT2D eigenvalue weighted by atomic mass is 10.1. The molecule has 1 N–H and O–H groups in total. The van der Waals surface area contributed by atoms with Crippen LogP contribution in [0.3, 0.4) is 0 Å². The van der Waals surface area contributed by atoms with Crippen LogP contribution >= 0.6 is 0 Å². The van der Waals surface area contributed by atoms with E-state index < -0.39 is 0 Å². The first-order chi connectivity index (χ1) is 12.7. The SMILES string of the molecule is Cc1ccc2nc(/C(C#N)=C\c3cn(CC#N)c4ccccc34)[nH]c2c1. The van der Waals surface area contributed by atoms with E-state index in [-0.39, 0.29) is 6.54 Å². The number of hydrogen-bond acceptors (Lipinski definition) is 3. The monoisotopic (exact) mass is 337 g/mol. The molecule has 0 atom stereocenters. The first-order valence-corrected chi connectivity index (χ1v) is 8.23. The zero-order valence-corrected chi connectivity index (χ0v) is 14.2. The fourth-order valence-corrected chi connectivity index (χ4v) is 3.16. The van der Waals surface area contributed by atoms with E-state index in [0.717, 1.165) is 33.1 Å². The summed E-state index contributed by atoms with van der Waals surface area (Å²) in [6.45, 7) is 2.28. The lowest BCUT2D eigenvalue weighted by Crippen LogP contribution is -1.91. The minimum atomic E-state index is 0.264. The number of benzene rings is 2. The van der Waals surface area contributed by atoms with Gasteiger partial charge in [0.1, 0.15) is 18.4 Å². The molecule has 0 aliphatic rings. The fourth-order valence-electron chi connectivity index (χ4n) is 3.16. The van der Waals surface area contributed by atoms with Gasteiger partial charge in [0, 0.05) is 22.7 Å². The standard InChI is InChI=1S/C21H15N5/c1-14-6-7-18-19(10-14)25-21(24-18)15(12-23)11-16-13-26(9-8-22)20-5-3-2-4-17(16)20/h2-7,10-11,13H,9H2,1H3,(H,24,25)/b15-11-. The Morgan fingerprint density at radius 1 is 1.23 bits per heavy atom. The van der Waals surface area contributed by atoms with Crippen molar-refractivity contribution in [2.45, 2.75) is 13.5 Å². The molecule has 0 spiro atoms. The van der Waals surface area contributed by atoms with Crippen LogP contribution in [0, 0.1) is 29.6 Å². The van der Waals surface area contributed by atoms with Gasteiger partial charge in [-0.25, -0.2) is 4.98 Å². The highest BCUT2D eigenvalue weighted by molar-refractivity contribution is 5.98. The number of aromatic nitrogens is 3. The van der Waals surface area contributed by atoms with Gasteiger partial charge in [0.25, 0.3) is 0 Å². The molecule has 0 radical (unpaired) electrons. The molecule has 0 aliphatic heterocycles. The van der Waals surface area contributed by atoms with E-state index >= 15 is 0 Å². The molecular formula is C21H15N5. The number of nitrogens with one attached hydrogen (secondary N) is 1. The summed E-state index contributed by atoms with van der Waals surface area (Å²) >= 11 is 0. The summed E-state index contributed by atoms with van der Waals surface area (Å²) < 4.78 is 1.89. The summed E-state index contributed by atoms with van der Waals surface area (Å²) in [4.78, 5) is 7.77. The minimum absolute atomic E-state index is 0.264. The molecule has 2 aromatic heterocycles. The van der Waals surface area contributed by atoms with Gasteiger partial charge >= 0.3 is 0 Å². The van der Waals surface area contributed by atoms with Gasteiger partial charge in [-0.1, -0.05) is 24.3 Å². The summed E-state index contributed by atoms with van der Waals surface area (Å²) in [6.07, 6.45) is 3.72. The lowest BCUT2D eigenvalue weighted by molar-refractivity contribution is 0.873. The molecule has 4 aromatic rings. The third-order valence-electron chi connectivity index (χ3n) is 4.37. The van der Waals surface area contributed by atoms with Crippen LogP contribution in [0.25, 0.3) is 33.6 Å². The topological polar surface area (TPSA) is 81.2 Å². The number of allylic oxidation sites excluding steroid dienone is 1. The fraction of sp³-hybridized carbons (Fsp3) is 0.0952. The highest BCUT2D eigenvalue weighted by Gasteiger charge is 2.11. The second kappa shape index (κ2) is 6.23. The van der Waals surface area contributed by atoms with Gasteiger partial charge in [-0.3, -0.25) is 0 Å². The molecular weight excluding hydrogens is 322 g/mol. The van der Waals surface area contributed by atoms with E-state index in [1.807, 2.05) is 66.2 Å². The number of para-hydroxylation sites is 1. The number of imidazole rings is 1. The number of H-pyrrole nitrogens is 1.